The average molecular weight is 265 g/mol. The largest absolute Gasteiger partial charge is 0.487 e. The van der Waals surface area contributed by atoms with E-state index >= 15 is 0 Å². The van der Waals surface area contributed by atoms with Gasteiger partial charge in [0.05, 0.1) is 10.7 Å². The first kappa shape index (κ1) is 13.0. The van der Waals surface area contributed by atoms with Crippen molar-refractivity contribution < 1.29 is 9.13 Å². The molecule has 0 unspecified atom stereocenters. The van der Waals surface area contributed by atoms with Gasteiger partial charge in [-0.15, -0.1) is 11.3 Å². The Labute approximate surface area is 110 Å². The van der Waals surface area contributed by atoms with Gasteiger partial charge in [0.2, 0.25) is 0 Å². The third kappa shape index (κ3) is 3.07. The van der Waals surface area contributed by atoms with E-state index in [1.807, 2.05) is 12.3 Å². The predicted molar refractivity (Wildman–Crippen MR) is 71.7 cm³/mol. The van der Waals surface area contributed by atoms with Crippen molar-refractivity contribution in [2.45, 2.75) is 33.3 Å². The number of nitrogens with zero attached hydrogens (tertiary/aromatic N) is 1. The molecule has 0 aliphatic carbocycles. The number of aromatic nitrogens is 1. The highest BCUT2D eigenvalue weighted by molar-refractivity contribution is 7.09. The van der Waals surface area contributed by atoms with Gasteiger partial charge in [-0.05, 0) is 30.7 Å². The molecule has 0 spiro atoms. The molecule has 0 N–H and O–H groups in total. The van der Waals surface area contributed by atoms with Gasteiger partial charge in [-0.1, -0.05) is 13.8 Å². The fourth-order valence-corrected chi connectivity index (χ4v) is 2.40. The smallest absolute Gasteiger partial charge is 0.131 e. The molecule has 0 aliphatic rings. The van der Waals surface area contributed by atoms with Gasteiger partial charge in [0.15, 0.2) is 0 Å². The van der Waals surface area contributed by atoms with Crippen molar-refractivity contribution in [1.82, 2.24) is 4.98 Å². The lowest BCUT2D eigenvalue weighted by molar-refractivity contribution is 0.299. The molecule has 0 atom stereocenters. The summed E-state index contributed by atoms with van der Waals surface area (Å²) in [6.07, 6.45) is 0. The highest BCUT2D eigenvalue weighted by Gasteiger charge is 2.07. The number of rotatable bonds is 4. The number of aryl methyl sites for hydroxylation is 1. The molecule has 1 heterocycles. The molecule has 0 bridgehead atoms. The minimum atomic E-state index is -0.240. The summed E-state index contributed by atoms with van der Waals surface area (Å²) in [6, 6.07) is 4.53. The van der Waals surface area contributed by atoms with Gasteiger partial charge < -0.3 is 4.74 Å². The van der Waals surface area contributed by atoms with E-state index in [9.17, 15) is 4.39 Å². The summed E-state index contributed by atoms with van der Waals surface area (Å²) in [5.74, 6) is 0.905. The zero-order valence-electron chi connectivity index (χ0n) is 10.7. The van der Waals surface area contributed by atoms with Crippen LogP contribution in [0, 0.1) is 12.7 Å². The monoisotopic (exact) mass is 265 g/mol. The molecule has 2 aromatic rings. The van der Waals surface area contributed by atoms with E-state index in [2.05, 4.69) is 18.8 Å². The Morgan fingerprint density at radius 2 is 2.17 bits per heavy atom. The molecule has 0 saturated carbocycles. The lowest BCUT2D eigenvalue weighted by Crippen LogP contribution is -1.98. The number of benzene rings is 1. The normalized spacial score (nSPS) is 10.9. The van der Waals surface area contributed by atoms with E-state index in [0.29, 0.717) is 18.3 Å². The summed E-state index contributed by atoms with van der Waals surface area (Å²) in [5.41, 5.74) is 1.72. The average Bonchev–Trinajstić information content (AvgIpc) is 2.76. The van der Waals surface area contributed by atoms with Crippen LogP contribution in [0.4, 0.5) is 4.39 Å². The maximum absolute atomic E-state index is 12.9. The molecule has 0 amide bonds. The van der Waals surface area contributed by atoms with E-state index in [4.69, 9.17) is 4.74 Å². The van der Waals surface area contributed by atoms with Crippen molar-refractivity contribution in [2.75, 3.05) is 0 Å². The number of ether oxygens (including phenoxy) is 1. The fraction of sp³-hybridized carbons (Fsp3) is 0.357. The van der Waals surface area contributed by atoms with Crippen molar-refractivity contribution in [3.05, 3.63) is 45.7 Å². The lowest BCUT2D eigenvalue weighted by atomic mass is 10.2. The Hall–Kier alpha value is -1.42. The zero-order valence-corrected chi connectivity index (χ0v) is 11.6. The minimum absolute atomic E-state index is 0.240. The van der Waals surface area contributed by atoms with Gasteiger partial charge in [-0.3, -0.25) is 0 Å². The van der Waals surface area contributed by atoms with Gasteiger partial charge in [-0.2, -0.15) is 0 Å². The van der Waals surface area contributed by atoms with Crippen molar-refractivity contribution >= 4 is 11.3 Å². The fourth-order valence-electron chi connectivity index (χ4n) is 1.58. The lowest BCUT2D eigenvalue weighted by Gasteiger charge is -2.07. The van der Waals surface area contributed by atoms with Crippen LogP contribution in [0.1, 0.15) is 36.0 Å². The Balaban J connectivity index is 2.02. The number of hydrogen-bond donors (Lipinski definition) is 0. The summed E-state index contributed by atoms with van der Waals surface area (Å²) in [5, 5.41) is 3.12. The molecular weight excluding hydrogens is 249 g/mol. The molecule has 0 saturated heterocycles. The summed E-state index contributed by atoms with van der Waals surface area (Å²) in [7, 11) is 0. The van der Waals surface area contributed by atoms with Crippen LogP contribution in [0.15, 0.2) is 23.6 Å². The molecule has 96 valence electrons. The zero-order chi connectivity index (χ0) is 13.1. The highest BCUT2D eigenvalue weighted by atomic mass is 32.1. The number of halogens is 1. The Kier molecular flexibility index (Phi) is 3.97. The van der Waals surface area contributed by atoms with Gasteiger partial charge in [0, 0.05) is 11.3 Å². The third-order valence-electron chi connectivity index (χ3n) is 2.58. The molecule has 4 heteroatoms. The summed E-state index contributed by atoms with van der Waals surface area (Å²) >= 11 is 1.65. The van der Waals surface area contributed by atoms with Crippen LogP contribution in [0.25, 0.3) is 0 Å². The quantitative estimate of drug-likeness (QED) is 0.822. The first-order chi connectivity index (χ1) is 8.56. The van der Waals surface area contributed by atoms with E-state index in [1.165, 1.54) is 12.1 Å². The van der Waals surface area contributed by atoms with Crippen LogP contribution in [0.2, 0.25) is 0 Å². The van der Waals surface area contributed by atoms with Crippen molar-refractivity contribution in [3.63, 3.8) is 0 Å². The Morgan fingerprint density at radius 3 is 2.78 bits per heavy atom. The molecule has 18 heavy (non-hydrogen) atoms. The predicted octanol–water partition coefficient (Wildman–Crippen LogP) is 4.29. The van der Waals surface area contributed by atoms with Gasteiger partial charge in [-0.25, -0.2) is 9.37 Å². The first-order valence-electron chi connectivity index (χ1n) is 5.89. The van der Waals surface area contributed by atoms with Crippen LogP contribution in [-0.2, 0) is 6.61 Å². The highest BCUT2D eigenvalue weighted by Crippen LogP contribution is 2.22. The van der Waals surface area contributed by atoms with Crippen LogP contribution in [-0.4, -0.2) is 4.98 Å². The third-order valence-corrected chi connectivity index (χ3v) is 3.77. The summed E-state index contributed by atoms with van der Waals surface area (Å²) < 4.78 is 18.6. The summed E-state index contributed by atoms with van der Waals surface area (Å²) in [4.78, 5) is 4.49. The molecule has 1 aromatic carbocycles. The maximum atomic E-state index is 12.9. The van der Waals surface area contributed by atoms with Crippen LogP contribution < -0.4 is 4.74 Å². The van der Waals surface area contributed by atoms with E-state index in [1.54, 1.807) is 17.4 Å². The van der Waals surface area contributed by atoms with Crippen molar-refractivity contribution in [1.29, 1.82) is 0 Å². The van der Waals surface area contributed by atoms with Crippen LogP contribution in [0.3, 0.4) is 0 Å². The summed E-state index contributed by atoms with van der Waals surface area (Å²) in [6.45, 7) is 6.50. The molecule has 1 aromatic heterocycles. The topological polar surface area (TPSA) is 22.1 Å². The number of thiazole rings is 1. The van der Waals surface area contributed by atoms with E-state index in [-0.39, 0.29) is 5.82 Å². The Morgan fingerprint density at radius 1 is 1.39 bits per heavy atom. The first-order valence-corrected chi connectivity index (χ1v) is 6.77. The van der Waals surface area contributed by atoms with Crippen molar-refractivity contribution in [3.8, 4) is 5.75 Å². The molecule has 2 rings (SSSR count). The number of hydrogen-bond acceptors (Lipinski definition) is 3. The Bertz CT molecular complexity index is 536. The standard InChI is InChI=1S/C14H16FNOS/c1-9(2)14-16-12(8-18-14)7-17-13-5-4-11(15)6-10(13)3/h4-6,8-9H,7H2,1-3H3. The second-order valence-electron chi connectivity index (χ2n) is 4.53. The molecule has 0 fully saturated rings. The SMILES string of the molecule is Cc1cc(F)ccc1OCc1csc(C(C)C)n1. The van der Waals surface area contributed by atoms with E-state index < -0.39 is 0 Å². The molecule has 2 nitrogen and oxygen atoms in total. The molecule has 0 radical (unpaired) electrons. The van der Waals surface area contributed by atoms with Crippen LogP contribution in [0.5, 0.6) is 5.75 Å². The molecule has 0 aliphatic heterocycles. The maximum Gasteiger partial charge on any atom is 0.131 e. The second-order valence-corrected chi connectivity index (χ2v) is 5.42. The van der Waals surface area contributed by atoms with E-state index in [0.717, 1.165) is 16.3 Å². The molecular formula is C14H16FNOS. The van der Waals surface area contributed by atoms with Gasteiger partial charge in [0.1, 0.15) is 18.2 Å². The second kappa shape index (κ2) is 5.48. The van der Waals surface area contributed by atoms with Crippen molar-refractivity contribution in [2.24, 2.45) is 0 Å². The van der Waals surface area contributed by atoms with Gasteiger partial charge >= 0.3 is 0 Å². The minimum Gasteiger partial charge on any atom is -0.487 e. The van der Waals surface area contributed by atoms with Gasteiger partial charge in [0.25, 0.3) is 0 Å². The van der Waals surface area contributed by atoms with Crippen LogP contribution >= 0.6 is 11.3 Å².